The zero-order valence-corrected chi connectivity index (χ0v) is 13.9. The Morgan fingerprint density at radius 2 is 2.14 bits per heavy atom. The number of ether oxygens (including phenoxy) is 1. The van der Waals surface area contributed by atoms with Crippen molar-refractivity contribution in [2.75, 3.05) is 39.3 Å². The molecule has 21 heavy (non-hydrogen) atoms. The fourth-order valence-electron chi connectivity index (χ4n) is 4.35. The lowest BCUT2D eigenvalue weighted by atomic mass is 10.0. The maximum Gasteiger partial charge on any atom is 0.0829 e. The van der Waals surface area contributed by atoms with Crippen molar-refractivity contribution in [1.29, 1.82) is 0 Å². The van der Waals surface area contributed by atoms with Crippen LogP contribution in [0.15, 0.2) is 0 Å². The van der Waals surface area contributed by atoms with Crippen molar-refractivity contribution >= 4 is 0 Å². The van der Waals surface area contributed by atoms with Crippen molar-refractivity contribution < 1.29 is 4.74 Å². The highest BCUT2D eigenvalue weighted by atomic mass is 16.5. The van der Waals surface area contributed by atoms with E-state index in [9.17, 15) is 0 Å². The topological polar surface area (TPSA) is 27.7 Å². The van der Waals surface area contributed by atoms with Gasteiger partial charge in [-0.1, -0.05) is 20.3 Å². The number of morpholine rings is 1. The second-order valence-corrected chi connectivity index (χ2v) is 7.16. The van der Waals surface area contributed by atoms with Gasteiger partial charge in [0, 0.05) is 44.3 Å². The first-order chi connectivity index (χ1) is 10.3. The molecule has 0 spiro atoms. The van der Waals surface area contributed by atoms with Crippen LogP contribution in [0.3, 0.4) is 0 Å². The van der Waals surface area contributed by atoms with Crippen molar-refractivity contribution in [1.82, 2.24) is 15.1 Å². The molecule has 0 aliphatic carbocycles. The zero-order chi connectivity index (χ0) is 14.7. The van der Waals surface area contributed by atoms with Gasteiger partial charge in [-0.15, -0.1) is 0 Å². The summed E-state index contributed by atoms with van der Waals surface area (Å²) in [6, 6.07) is 2.10. The van der Waals surface area contributed by atoms with Gasteiger partial charge in [-0.2, -0.15) is 0 Å². The molecular weight excluding hydrogens is 262 g/mol. The Balaban J connectivity index is 1.53. The first-order valence-corrected chi connectivity index (χ1v) is 9.13. The van der Waals surface area contributed by atoms with E-state index >= 15 is 0 Å². The highest BCUT2D eigenvalue weighted by molar-refractivity contribution is 4.90. The zero-order valence-electron chi connectivity index (χ0n) is 13.9. The third kappa shape index (κ3) is 3.79. The molecule has 3 aliphatic rings. The Kier molecular flexibility index (Phi) is 5.54. The molecule has 3 aliphatic heterocycles. The van der Waals surface area contributed by atoms with Gasteiger partial charge in [0.15, 0.2) is 0 Å². The van der Waals surface area contributed by atoms with E-state index in [1.165, 1.54) is 45.2 Å². The van der Waals surface area contributed by atoms with E-state index in [0.29, 0.717) is 18.2 Å². The molecule has 0 radical (unpaired) electrons. The SMILES string of the molecule is CCCC1CN(CC2CN3CCCC3CO2)C(CC)CN1. The predicted octanol–water partition coefficient (Wildman–Crippen LogP) is 1.70. The molecule has 3 rings (SSSR count). The minimum absolute atomic E-state index is 0.425. The summed E-state index contributed by atoms with van der Waals surface area (Å²) in [7, 11) is 0. The normalized spacial score (nSPS) is 38.6. The van der Waals surface area contributed by atoms with Crippen LogP contribution in [-0.4, -0.2) is 73.4 Å². The molecule has 3 saturated heterocycles. The lowest BCUT2D eigenvalue weighted by molar-refractivity contribution is -0.0695. The van der Waals surface area contributed by atoms with Crippen LogP contribution < -0.4 is 5.32 Å². The highest BCUT2D eigenvalue weighted by Crippen LogP contribution is 2.24. The summed E-state index contributed by atoms with van der Waals surface area (Å²) >= 11 is 0. The summed E-state index contributed by atoms with van der Waals surface area (Å²) < 4.78 is 6.18. The summed E-state index contributed by atoms with van der Waals surface area (Å²) in [5.74, 6) is 0. The van der Waals surface area contributed by atoms with Crippen molar-refractivity contribution in [3.8, 4) is 0 Å². The standard InChI is InChI=1S/C17H33N3O/c1-3-6-14-10-20(15(4-2)9-18-14)12-17-11-19-8-5-7-16(19)13-21-17/h14-18H,3-13H2,1-2H3. The van der Waals surface area contributed by atoms with Gasteiger partial charge in [0.1, 0.15) is 0 Å². The number of nitrogens with zero attached hydrogens (tertiary/aromatic N) is 2. The third-order valence-electron chi connectivity index (χ3n) is 5.62. The molecule has 122 valence electrons. The molecule has 1 N–H and O–H groups in total. The summed E-state index contributed by atoms with van der Waals surface area (Å²) in [5.41, 5.74) is 0. The maximum atomic E-state index is 6.18. The Morgan fingerprint density at radius 1 is 1.24 bits per heavy atom. The molecule has 0 saturated carbocycles. The van der Waals surface area contributed by atoms with Crippen molar-refractivity contribution in [2.24, 2.45) is 0 Å². The molecular formula is C17H33N3O. The number of nitrogens with one attached hydrogen (secondary N) is 1. The van der Waals surface area contributed by atoms with Crippen LogP contribution in [-0.2, 0) is 4.74 Å². The lowest BCUT2D eigenvalue weighted by Gasteiger charge is -2.44. The molecule has 4 heteroatoms. The van der Waals surface area contributed by atoms with Crippen LogP contribution in [0.5, 0.6) is 0 Å². The monoisotopic (exact) mass is 295 g/mol. The summed E-state index contributed by atoms with van der Waals surface area (Å²) in [4.78, 5) is 5.37. The summed E-state index contributed by atoms with van der Waals surface area (Å²) in [6.07, 6.45) is 6.95. The smallest absolute Gasteiger partial charge is 0.0829 e. The molecule has 0 amide bonds. The van der Waals surface area contributed by atoms with Gasteiger partial charge in [-0.05, 0) is 32.2 Å². The van der Waals surface area contributed by atoms with Crippen LogP contribution in [0.1, 0.15) is 46.0 Å². The molecule has 0 aromatic rings. The van der Waals surface area contributed by atoms with Gasteiger partial charge in [0.2, 0.25) is 0 Å². The molecule has 0 aromatic heterocycles. The second kappa shape index (κ2) is 7.40. The van der Waals surface area contributed by atoms with E-state index in [4.69, 9.17) is 4.74 Å². The molecule has 4 atom stereocenters. The van der Waals surface area contributed by atoms with Gasteiger partial charge >= 0.3 is 0 Å². The second-order valence-electron chi connectivity index (χ2n) is 7.16. The molecule has 0 bridgehead atoms. The minimum atomic E-state index is 0.425. The summed E-state index contributed by atoms with van der Waals surface area (Å²) in [6.45, 7) is 11.5. The predicted molar refractivity (Wildman–Crippen MR) is 86.7 cm³/mol. The largest absolute Gasteiger partial charge is 0.374 e. The van der Waals surface area contributed by atoms with E-state index < -0.39 is 0 Å². The quantitative estimate of drug-likeness (QED) is 0.835. The van der Waals surface area contributed by atoms with Gasteiger partial charge in [-0.25, -0.2) is 0 Å². The number of fused-ring (bicyclic) bond motifs is 1. The first kappa shape index (κ1) is 15.7. The fourth-order valence-corrected chi connectivity index (χ4v) is 4.35. The van der Waals surface area contributed by atoms with Crippen molar-refractivity contribution in [3.05, 3.63) is 0 Å². The molecule has 3 heterocycles. The van der Waals surface area contributed by atoms with Crippen molar-refractivity contribution in [3.63, 3.8) is 0 Å². The minimum Gasteiger partial charge on any atom is -0.374 e. The Morgan fingerprint density at radius 3 is 2.95 bits per heavy atom. The highest BCUT2D eigenvalue weighted by Gasteiger charge is 2.35. The molecule has 0 aromatic carbocycles. The van der Waals surface area contributed by atoms with Crippen LogP contribution in [0, 0.1) is 0 Å². The first-order valence-electron chi connectivity index (χ1n) is 9.13. The Bertz CT molecular complexity index is 325. The fraction of sp³-hybridized carbons (Fsp3) is 1.00. The average molecular weight is 295 g/mol. The number of rotatable bonds is 5. The number of hydrogen-bond donors (Lipinski definition) is 1. The van der Waals surface area contributed by atoms with Gasteiger partial charge in [0.05, 0.1) is 12.7 Å². The van der Waals surface area contributed by atoms with Crippen molar-refractivity contribution in [2.45, 2.75) is 70.2 Å². The van der Waals surface area contributed by atoms with Gasteiger partial charge in [0.25, 0.3) is 0 Å². The van der Waals surface area contributed by atoms with E-state index in [2.05, 4.69) is 29.0 Å². The Hall–Kier alpha value is -0.160. The summed E-state index contributed by atoms with van der Waals surface area (Å²) in [5, 5.41) is 3.73. The average Bonchev–Trinajstić information content (AvgIpc) is 2.95. The van der Waals surface area contributed by atoms with E-state index in [-0.39, 0.29) is 0 Å². The van der Waals surface area contributed by atoms with Crippen LogP contribution in [0.25, 0.3) is 0 Å². The van der Waals surface area contributed by atoms with E-state index in [0.717, 1.165) is 32.3 Å². The number of piperazine rings is 1. The Labute approximate surface area is 130 Å². The van der Waals surface area contributed by atoms with E-state index in [1.54, 1.807) is 0 Å². The molecule has 4 unspecified atom stereocenters. The lowest BCUT2D eigenvalue weighted by Crippen LogP contribution is -2.59. The maximum absolute atomic E-state index is 6.18. The van der Waals surface area contributed by atoms with Gasteiger partial charge < -0.3 is 10.1 Å². The van der Waals surface area contributed by atoms with E-state index in [1.807, 2.05) is 0 Å². The molecule has 4 nitrogen and oxygen atoms in total. The molecule has 3 fully saturated rings. The third-order valence-corrected chi connectivity index (χ3v) is 5.62. The van der Waals surface area contributed by atoms with Crippen LogP contribution in [0.2, 0.25) is 0 Å². The number of hydrogen-bond acceptors (Lipinski definition) is 4. The van der Waals surface area contributed by atoms with Gasteiger partial charge in [-0.3, -0.25) is 9.80 Å². The van der Waals surface area contributed by atoms with Crippen LogP contribution in [0.4, 0.5) is 0 Å². The van der Waals surface area contributed by atoms with Crippen LogP contribution >= 0.6 is 0 Å².